The quantitative estimate of drug-likeness (QED) is 0.746. The van der Waals surface area contributed by atoms with Crippen molar-refractivity contribution < 1.29 is 18.0 Å². The maximum atomic E-state index is 13.0. The largest absolute Gasteiger partial charge is 0.417 e. The Morgan fingerprint density at radius 3 is 2.71 bits per heavy atom. The van der Waals surface area contributed by atoms with Crippen LogP contribution in [0.4, 0.5) is 18.9 Å². The zero-order chi connectivity index (χ0) is 15.6. The van der Waals surface area contributed by atoms with Gasteiger partial charge in [0.25, 0.3) is 0 Å². The topological polar surface area (TPSA) is 67.2 Å². The Kier molecular flexibility index (Phi) is 4.36. The van der Waals surface area contributed by atoms with Gasteiger partial charge >= 0.3 is 6.18 Å². The maximum Gasteiger partial charge on any atom is 0.417 e. The fourth-order valence-corrected chi connectivity index (χ4v) is 2.37. The Morgan fingerprint density at radius 1 is 1.43 bits per heavy atom. The second-order valence-corrected chi connectivity index (χ2v) is 5.19. The molecule has 1 fully saturated rings. The van der Waals surface area contributed by atoms with E-state index >= 15 is 0 Å². The highest BCUT2D eigenvalue weighted by Crippen LogP contribution is 2.34. The van der Waals surface area contributed by atoms with Crippen molar-refractivity contribution in [3.63, 3.8) is 0 Å². The number of piperidine rings is 1. The average Bonchev–Trinajstić information content (AvgIpc) is 2.40. The number of carbonyl (C=O) groups excluding carboxylic acids is 1. The van der Waals surface area contributed by atoms with Gasteiger partial charge < -0.3 is 16.4 Å². The third kappa shape index (κ3) is 3.63. The third-order valence-electron chi connectivity index (χ3n) is 3.22. The molecule has 0 radical (unpaired) electrons. The van der Waals surface area contributed by atoms with E-state index in [9.17, 15) is 18.0 Å². The van der Waals surface area contributed by atoms with Crippen LogP contribution < -0.4 is 16.4 Å². The second-order valence-electron chi connectivity index (χ2n) is 4.75. The summed E-state index contributed by atoms with van der Waals surface area (Å²) in [6, 6.07) is 3.05. The summed E-state index contributed by atoms with van der Waals surface area (Å²) in [6.07, 6.45) is -3.21. The molecule has 21 heavy (non-hydrogen) atoms. The molecular weight excluding hydrogens is 303 g/mol. The van der Waals surface area contributed by atoms with Crippen LogP contribution in [-0.2, 0) is 11.0 Å². The van der Waals surface area contributed by atoms with Gasteiger partial charge in [-0.15, -0.1) is 0 Å². The van der Waals surface area contributed by atoms with Crippen molar-refractivity contribution in [1.29, 1.82) is 0 Å². The van der Waals surface area contributed by atoms with Crippen molar-refractivity contribution in [3.05, 3.63) is 29.3 Å². The van der Waals surface area contributed by atoms with Crippen molar-refractivity contribution in [1.82, 2.24) is 5.32 Å². The lowest BCUT2D eigenvalue weighted by Crippen LogP contribution is -2.44. The van der Waals surface area contributed by atoms with Crippen molar-refractivity contribution >= 4 is 28.8 Å². The summed E-state index contributed by atoms with van der Waals surface area (Å²) in [4.78, 5) is 11.3. The number of hydrogen-bond acceptors (Lipinski definition) is 3. The molecule has 1 aromatic rings. The van der Waals surface area contributed by atoms with Crippen LogP contribution in [0.15, 0.2) is 18.2 Å². The normalized spacial score (nSPS) is 19.0. The van der Waals surface area contributed by atoms with Crippen LogP contribution in [0.1, 0.15) is 24.0 Å². The maximum absolute atomic E-state index is 13.0. The van der Waals surface area contributed by atoms with Crippen LogP contribution in [0, 0.1) is 0 Å². The van der Waals surface area contributed by atoms with E-state index in [1.807, 2.05) is 0 Å². The van der Waals surface area contributed by atoms with Gasteiger partial charge in [0.2, 0.25) is 5.91 Å². The van der Waals surface area contributed by atoms with E-state index in [2.05, 4.69) is 22.9 Å². The number of amides is 1. The lowest BCUT2D eigenvalue weighted by Gasteiger charge is -2.24. The number of benzene rings is 1. The minimum atomic E-state index is -4.56. The number of carbonyl (C=O) groups is 1. The van der Waals surface area contributed by atoms with Gasteiger partial charge in [0, 0.05) is 17.8 Å². The third-order valence-corrected chi connectivity index (χ3v) is 3.44. The molecule has 4 nitrogen and oxygen atoms in total. The molecule has 2 rings (SSSR count). The highest BCUT2D eigenvalue weighted by molar-refractivity contribution is 7.80. The zero-order valence-corrected chi connectivity index (χ0v) is 11.8. The number of halogens is 3. The van der Waals surface area contributed by atoms with Gasteiger partial charge in [-0.25, -0.2) is 0 Å². The molecule has 0 bridgehead atoms. The van der Waals surface area contributed by atoms with Gasteiger partial charge in [-0.2, -0.15) is 13.2 Å². The van der Waals surface area contributed by atoms with Crippen molar-refractivity contribution in [2.24, 2.45) is 5.73 Å². The Morgan fingerprint density at radius 2 is 2.14 bits per heavy atom. The van der Waals surface area contributed by atoms with Gasteiger partial charge in [0.1, 0.15) is 11.0 Å². The summed E-state index contributed by atoms with van der Waals surface area (Å²) in [7, 11) is 0. The highest BCUT2D eigenvalue weighted by Gasteiger charge is 2.34. The van der Waals surface area contributed by atoms with Crippen LogP contribution in [0.3, 0.4) is 0 Å². The van der Waals surface area contributed by atoms with E-state index < -0.39 is 17.8 Å². The number of nitrogens with one attached hydrogen (secondary N) is 2. The summed E-state index contributed by atoms with van der Waals surface area (Å²) in [6.45, 7) is 0.588. The molecule has 0 aromatic heterocycles. The van der Waals surface area contributed by atoms with Crippen LogP contribution in [-0.4, -0.2) is 23.5 Å². The van der Waals surface area contributed by atoms with Crippen LogP contribution in [0.25, 0.3) is 0 Å². The van der Waals surface area contributed by atoms with Crippen molar-refractivity contribution in [3.8, 4) is 0 Å². The number of anilines is 1. The monoisotopic (exact) mass is 317 g/mol. The van der Waals surface area contributed by atoms with E-state index in [1.165, 1.54) is 12.1 Å². The molecular formula is C13H14F3N3OS. The molecule has 0 saturated carbocycles. The van der Waals surface area contributed by atoms with Crippen molar-refractivity contribution in [2.75, 3.05) is 11.9 Å². The summed E-state index contributed by atoms with van der Waals surface area (Å²) in [5, 5.41) is 5.48. The Bertz CT molecular complexity index is 574. The van der Waals surface area contributed by atoms with Gasteiger partial charge in [-0.05, 0) is 31.0 Å². The number of alkyl halides is 3. The lowest BCUT2D eigenvalue weighted by molar-refractivity contribution is -0.137. The second kappa shape index (κ2) is 5.88. The Hall–Kier alpha value is -1.83. The first-order valence-corrected chi connectivity index (χ1v) is 6.75. The summed E-state index contributed by atoms with van der Waals surface area (Å²) >= 11 is 4.64. The zero-order valence-electron chi connectivity index (χ0n) is 11.0. The number of rotatable bonds is 3. The van der Waals surface area contributed by atoms with Gasteiger partial charge in [0.05, 0.1) is 5.56 Å². The number of hydrogen-bond donors (Lipinski definition) is 3. The lowest BCUT2D eigenvalue weighted by atomic mass is 10.0. The molecule has 1 aromatic carbocycles. The molecule has 4 N–H and O–H groups in total. The SMILES string of the molecule is NC(=S)c1ccc(NC2CCCNC2=O)cc1C(F)(F)F. The molecule has 1 heterocycles. The first kappa shape index (κ1) is 15.6. The highest BCUT2D eigenvalue weighted by atomic mass is 32.1. The van der Waals surface area contributed by atoms with E-state index in [1.54, 1.807) is 0 Å². The number of thiocarbonyl (C=S) groups is 1. The average molecular weight is 317 g/mol. The molecule has 114 valence electrons. The Balaban J connectivity index is 2.29. The van der Waals surface area contributed by atoms with Crippen LogP contribution in [0.5, 0.6) is 0 Å². The molecule has 1 amide bonds. The van der Waals surface area contributed by atoms with Crippen LogP contribution >= 0.6 is 12.2 Å². The fourth-order valence-electron chi connectivity index (χ4n) is 2.19. The summed E-state index contributed by atoms with van der Waals surface area (Å²) in [5.41, 5.74) is 4.39. The molecule has 0 aliphatic carbocycles. The van der Waals surface area contributed by atoms with E-state index in [4.69, 9.17) is 5.73 Å². The summed E-state index contributed by atoms with van der Waals surface area (Å²) in [5.74, 6) is -0.215. The predicted molar refractivity (Wildman–Crippen MR) is 77.0 cm³/mol. The molecule has 1 aliphatic rings. The van der Waals surface area contributed by atoms with E-state index in [0.717, 1.165) is 12.5 Å². The van der Waals surface area contributed by atoms with Gasteiger partial charge in [0.15, 0.2) is 0 Å². The summed E-state index contributed by atoms with van der Waals surface area (Å²) < 4.78 is 39.1. The van der Waals surface area contributed by atoms with Gasteiger partial charge in [-0.3, -0.25) is 4.79 Å². The minimum Gasteiger partial charge on any atom is -0.389 e. The standard InChI is InChI=1S/C13H14F3N3OS/c14-13(15,16)9-6-7(3-4-8(9)11(17)21)19-10-2-1-5-18-12(10)20/h3-4,6,10,19H,1-2,5H2,(H2,17,21)(H,18,20). The molecule has 1 atom stereocenters. The first-order valence-electron chi connectivity index (χ1n) is 6.34. The van der Waals surface area contributed by atoms with E-state index in [-0.39, 0.29) is 22.1 Å². The van der Waals surface area contributed by atoms with Crippen molar-refractivity contribution in [2.45, 2.75) is 25.1 Å². The smallest absolute Gasteiger partial charge is 0.389 e. The van der Waals surface area contributed by atoms with E-state index in [0.29, 0.717) is 13.0 Å². The van der Waals surface area contributed by atoms with Crippen LogP contribution in [0.2, 0.25) is 0 Å². The molecule has 1 aliphatic heterocycles. The predicted octanol–water partition coefficient (Wildman–Crippen LogP) is 2.03. The molecule has 8 heteroatoms. The van der Waals surface area contributed by atoms with Gasteiger partial charge in [-0.1, -0.05) is 12.2 Å². The minimum absolute atomic E-state index is 0.212. The fraction of sp³-hybridized carbons (Fsp3) is 0.385. The molecule has 0 spiro atoms. The molecule has 1 saturated heterocycles. The first-order chi connectivity index (χ1) is 9.79. The number of nitrogens with two attached hydrogens (primary N) is 1. The Labute approximate surface area is 124 Å². The molecule has 1 unspecified atom stereocenters.